The van der Waals surface area contributed by atoms with Gasteiger partial charge < -0.3 is 0 Å². The summed E-state index contributed by atoms with van der Waals surface area (Å²) in [6.07, 6.45) is 1.74. The van der Waals surface area contributed by atoms with Gasteiger partial charge in [-0.15, -0.1) is 0 Å². The van der Waals surface area contributed by atoms with Gasteiger partial charge in [-0.3, -0.25) is 0 Å². The Morgan fingerprint density at radius 1 is 1.17 bits per heavy atom. The van der Waals surface area contributed by atoms with Gasteiger partial charge in [0.25, 0.3) is 0 Å². The van der Waals surface area contributed by atoms with E-state index in [0.717, 1.165) is 22.5 Å². The van der Waals surface area contributed by atoms with Crippen molar-refractivity contribution < 1.29 is 0 Å². The van der Waals surface area contributed by atoms with Crippen LogP contribution in [0.3, 0.4) is 0 Å². The van der Waals surface area contributed by atoms with E-state index in [-0.39, 0.29) is 0 Å². The van der Waals surface area contributed by atoms with Crippen LogP contribution in [0.2, 0.25) is 10.2 Å². The van der Waals surface area contributed by atoms with Gasteiger partial charge in [0, 0.05) is 22.2 Å². The molecule has 0 atom stereocenters. The van der Waals surface area contributed by atoms with E-state index in [4.69, 9.17) is 23.2 Å². The van der Waals surface area contributed by atoms with Gasteiger partial charge in [-0.05, 0) is 13.0 Å². The van der Waals surface area contributed by atoms with Crippen molar-refractivity contribution in [2.24, 2.45) is 0 Å². The summed E-state index contributed by atoms with van der Waals surface area (Å²) in [5.74, 6) is 0. The van der Waals surface area contributed by atoms with Gasteiger partial charge in [0.1, 0.15) is 5.15 Å². The lowest BCUT2D eigenvalue weighted by molar-refractivity contribution is 0.942. The second-order valence-electron chi connectivity index (χ2n) is 4.01. The Bertz CT molecular complexity index is 734. The molecule has 3 aromatic rings. The minimum Gasteiger partial charge on any atom is -0.228 e. The zero-order chi connectivity index (χ0) is 12.7. The van der Waals surface area contributed by atoms with Crippen molar-refractivity contribution in [2.75, 3.05) is 0 Å². The molecule has 0 unspecified atom stereocenters. The van der Waals surface area contributed by atoms with Gasteiger partial charge in [0.15, 0.2) is 5.65 Å². The number of halogens is 2. The molecule has 0 radical (unpaired) electrons. The Kier molecular flexibility index (Phi) is 2.73. The molecule has 0 N–H and O–H groups in total. The molecule has 0 aliphatic heterocycles. The van der Waals surface area contributed by atoms with Gasteiger partial charge >= 0.3 is 0 Å². The van der Waals surface area contributed by atoms with Crippen LogP contribution in [-0.2, 0) is 0 Å². The van der Waals surface area contributed by atoms with Crippen molar-refractivity contribution in [1.82, 2.24) is 14.6 Å². The van der Waals surface area contributed by atoms with Crippen LogP contribution in [0.4, 0.5) is 0 Å². The van der Waals surface area contributed by atoms with Crippen molar-refractivity contribution in [3.05, 3.63) is 52.3 Å². The standard InChI is InChI=1S/C13H9Cl2N3/c1-8-7-16-18-12(15)6-11(17-13(8)18)9-4-2-3-5-10(9)14/h2-7H,1H3. The fourth-order valence-electron chi connectivity index (χ4n) is 1.84. The largest absolute Gasteiger partial charge is 0.228 e. The average molecular weight is 278 g/mol. The van der Waals surface area contributed by atoms with Crippen LogP contribution in [0.5, 0.6) is 0 Å². The fraction of sp³-hybridized carbons (Fsp3) is 0.0769. The maximum Gasteiger partial charge on any atom is 0.160 e. The predicted molar refractivity (Wildman–Crippen MR) is 73.2 cm³/mol. The number of hydrogen-bond acceptors (Lipinski definition) is 2. The first kappa shape index (κ1) is 11.5. The lowest BCUT2D eigenvalue weighted by Gasteiger charge is -2.05. The molecule has 0 amide bonds. The molecule has 0 aliphatic carbocycles. The molecule has 90 valence electrons. The molecule has 0 saturated heterocycles. The third kappa shape index (κ3) is 1.76. The molecule has 0 fully saturated rings. The zero-order valence-corrected chi connectivity index (χ0v) is 11.1. The van der Waals surface area contributed by atoms with Crippen LogP contribution in [0.1, 0.15) is 5.56 Å². The molecule has 2 heterocycles. The SMILES string of the molecule is Cc1cnn2c(Cl)cc(-c3ccccc3Cl)nc12. The van der Waals surface area contributed by atoms with Crippen LogP contribution in [0.25, 0.3) is 16.9 Å². The van der Waals surface area contributed by atoms with Crippen LogP contribution in [0.15, 0.2) is 36.5 Å². The first-order chi connectivity index (χ1) is 8.66. The van der Waals surface area contributed by atoms with E-state index in [2.05, 4.69) is 10.1 Å². The highest BCUT2D eigenvalue weighted by Gasteiger charge is 2.10. The van der Waals surface area contributed by atoms with Crippen molar-refractivity contribution in [1.29, 1.82) is 0 Å². The number of rotatable bonds is 1. The van der Waals surface area contributed by atoms with E-state index in [1.807, 2.05) is 31.2 Å². The molecule has 2 aromatic heterocycles. The van der Waals surface area contributed by atoms with Gasteiger partial charge in [0.2, 0.25) is 0 Å². The topological polar surface area (TPSA) is 30.2 Å². The molecule has 0 saturated carbocycles. The molecule has 5 heteroatoms. The van der Waals surface area contributed by atoms with Crippen LogP contribution >= 0.6 is 23.2 Å². The molecule has 18 heavy (non-hydrogen) atoms. The normalized spacial score (nSPS) is 11.1. The zero-order valence-electron chi connectivity index (χ0n) is 9.56. The summed E-state index contributed by atoms with van der Waals surface area (Å²) in [6.45, 7) is 1.95. The summed E-state index contributed by atoms with van der Waals surface area (Å²) in [5, 5.41) is 5.34. The summed E-state index contributed by atoms with van der Waals surface area (Å²) in [6, 6.07) is 9.33. The minimum atomic E-state index is 0.517. The van der Waals surface area contributed by atoms with Gasteiger partial charge in [-0.25, -0.2) is 9.50 Å². The van der Waals surface area contributed by atoms with E-state index in [9.17, 15) is 0 Å². The van der Waals surface area contributed by atoms with Gasteiger partial charge in [-0.1, -0.05) is 41.4 Å². The van der Waals surface area contributed by atoms with E-state index >= 15 is 0 Å². The first-order valence-electron chi connectivity index (χ1n) is 5.42. The highest BCUT2D eigenvalue weighted by atomic mass is 35.5. The van der Waals surface area contributed by atoms with E-state index in [1.54, 1.807) is 16.8 Å². The molecular formula is C13H9Cl2N3. The van der Waals surface area contributed by atoms with Crippen molar-refractivity contribution >= 4 is 28.8 Å². The van der Waals surface area contributed by atoms with Gasteiger partial charge in [-0.2, -0.15) is 5.10 Å². The van der Waals surface area contributed by atoms with Gasteiger partial charge in [0.05, 0.1) is 11.9 Å². The number of aromatic nitrogens is 3. The first-order valence-corrected chi connectivity index (χ1v) is 6.18. The second kappa shape index (κ2) is 4.26. The highest BCUT2D eigenvalue weighted by molar-refractivity contribution is 6.33. The summed E-state index contributed by atoms with van der Waals surface area (Å²) < 4.78 is 1.61. The van der Waals surface area contributed by atoms with Crippen molar-refractivity contribution in [2.45, 2.75) is 6.92 Å². The van der Waals surface area contributed by atoms with E-state index in [1.165, 1.54) is 0 Å². The summed E-state index contributed by atoms with van der Waals surface area (Å²) in [7, 11) is 0. The molecule has 0 spiro atoms. The predicted octanol–water partition coefficient (Wildman–Crippen LogP) is 4.01. The maximum atomic E-state index is 6.20. The molecule has 1 aromatic carbocycles. The minimum absolute atomic E-state index is 0.517. The number of aryl methyl sites for hydroxylation is 1. The van der Waals surface area contributed by atoms with E-state index < -0.39 is 0 Å². The third-order valence-electron chi connectivity index (χ3n) is 2.75. The highest BCUT2D eigenvalue weighted by Crippen LogP contribution is 2.28. The molecule has 0 aliphatic rings. The molecule has 0 bridgehead atoms. The fourth-order valence-corrected chi connectivity index (χ4v) is 2.30. The monoisotopic (exact) mass is 277 g/mol. The molecular weight excluding hydrogens is 269 g/mol. The Hall–Kier alpha value is -1.58. The smallest absolute Gasteiger partial charge is 0.160 e. The number of fused-ring (bicyclic) bond motifs is 1. The lowest BCUT2D eigenvalue weighted by Crippen LogP contribution is -1.95. The lowest BCUT2D eigenvalue weighted by atomic mass is 10.1. The number of nitrogens with zero attached hydrogens (tertiary/aromatic N) is 3. The number of benzene rings is 1. The summed E-state index contributed by atoms with van der Waals surface area (Å²) in [4.78, 5) is 4.56. The molecule has 3 nitrogen and oxygen atoms in total. The van der Waals surface area contributed by atoms with Crippen LogP contribution < -0.4 is 0 Å². The summed E-state index contributed by atoms with van der Waals surface area (Å²) >= 11 is 12.4. The second-order valence-corrected chi connectivity index (χ2v) is 4.80. The van der Waals surface area contributed by atoms with E-state index in [0.29, 0.717) is 10.2 Å². The van der Waals surface area contributed by atoms with Crippen LogP contribution in [-0.4, -0.2) is 14.6 Å². The van der Waals surface area contributed by atoms with Crippen molar-refractivity contribution in [3.63, 3.8) is 0 Å². The Morgan fingerprint density at radius 2 is 1.94 bits per heavy atom. The van der Waals surface area contributed by atoms with Crippen molar-refractivity contribution in [3.8, 4) is 11.3 Å². The Labute approximate surface area is 114 Å². The Balaban J connectivity index is 2.31. The Morgan fingerprint density at radius 3 is 2.72 bits per heavy atom. The number of hydrogen-bond donors (Lipinski definition) is 0. The molecule has 3 rings (SSSR count). The quantitative estimate of drug-likeness (QED) is 0.629. The third-order valence-corrected chi connectivity index (χ3v) is 3.35. The van der Waals surface area contributed by atoms with Crippen LogP contribution in [0, 0.1) is 6.92 Å². The average Bonchev–Trinajstić information content (AvgIpc) is 2.72. The summed E-state index contributed by atoms with van der Waals surface area (Å²) in [5.41, 5.74) is 3.34. The maximum absolute atomic E-state index is 6.20.